The smallest absolute Gasteiger partial charge is 0.248 e. The van der Waals surface area contributed by atoms with E-state index >= 15 is 0 Å². The topological polar surface area (TPSA) is 88.6 Å². The molecule has 4 rings (SSSR count). The Morgan fingerprint density at radius 3 is 2.97 bits per heavy atom. The number of carbonyl (C=O) groups excluding carboxylic acids is 1. The molecule has 0 atom stereocenters. The maximum atomic E-state index is 13.5. The third kappa shape index (κ3) is 6.66. The second kappa shape index (κ2) is 11.9. The molecule has 0 spiro atoms. The minimum atomic E-state index is -0.506. The fourth-order valence-electron chi connectivity index (χ4n) is 3.73. The molecular weight excluding hydrogens is 473 g/mol. The highest BCUT2D eigenvalue weighted by Crippen LogP contribution is 2.33. The zero-order valence-electron chi connectivity index (χ0n) is 19.4. The van der Waals surface area contributed by atoms with Crippen molar-refractivity contribution in [1.82, 2.24) is 14.9 Å². The first-order valence-corrected chi connectivity index (χ1v) is 11.8. The highest BCUT2D eigenvalue weighted by atomic mass is 35.5. The van der Waals surface area contributed by atoms with Crippen LogP contribution < -0.4 is 15.4 Å². The fourth-order valence-corrected chi connectivity index (χ4v) is 3.91. The van der Waals surface area contributed by atoms with Gasteiger partial charge in [0.25, 0.3) is 0 Å². The first kappa shape index (κ1) is 24.8. The summed E-state index contributed by atoms with van der Waals surface area (Å²) in [5, 5.41) is 6.69. The summed E-state index contributed by atoms with van der Waals surface area (Å²) in [6.45, 7) is 6.24. The standard InChI is InChI=1S/C25H27ClFN5O3/c1-2-35-23-15-21-18(25(29-16-28-21)30-17-6-7-20(27)19(26)13-17)14-22(23)31-24(33)5-3-8-32-9-4-11-34-12-10-32/h3,5-7,13-16H,2,4,8-12H2,1H3,(H,31,33)(H,28,29,30)/b5-3+. The Morgan fingerprint density at radius 1 is 1.26 bits per heavy atom. The summed E-state index contributed by atoms with van der Waals surface area (Å²) in [4.78, 5) is 23.6. The summed E-state index contributed by atoms with van der Waals surface area (Å²) in [5.41, 5.74) is 1.68. The summed E-state index contributed by atoms with van der Waals surface area (Å²) in [6.07, 6.45) is 5.76. The molecule has 1 aromatic heterocycles. The molecule has 0 aliphatic carbocycles. The van der Waals surface area contributed by atoms with E-state index in [1.165, 1.54) is 24.5 Å². The summed E-state index contributed by atoms with van der Waals surface area (Å²) >= 11 is 5.91. The second-order valence-corrected chi connectivity index (χ2v) is 8.34. The third-order valence-corrected chi connectivity index (χ3v) is 5.71. The number of carbonyl (C=O) groups is 1. The second-order valence-electron chi connectivity index (χ2n) is 7.93. The molecule has 1 saturated heterocycles. The molecule has 0 radical (unpaired) electrons. The molecule has 1 amide bonds. The fraction of sp³-hybridized carbons (Fsp3) is 0.320. The monoisotopic (exact) mass is 499 g/mol. The molecule has 1 fully saturated rings. The van der Waals surface area contributed by atoms with Gasteiger partial charge in [-0.05, 0) is 37.6 Å². The molecule has 0 unspecified atom stereocenters. The number of nitrogens with one attached hydrogen (secondary N) is 2. The predicted molar refractivity (Wildman–Crippen MR) is 135 cm³/mol. The highest BCUT2D eigenvalue weighted by molar-refractivity contribution is 6.31. The SMILES string of the molecule is CCOc1cc2ncnc(Nc3ccc(F)c(Cl)c3)c2cc1NC(=O)/C=C/CN1CCCOCC1. The largest absolute Gasteiger partial charge is 0.492 e. The molecule has 3 aromatic rings. The number of hydrogen-bond acceptors (Lipinski definition) is 7. The average Bonchev–Trinajstić information content (AvgIpc) is 3.11. The van der Waals surface area contributed by atoms with Crippen molar-refractivity contribution in [3.63, 3.8) is 0 Å². The van der Waals surface area contributed by atoms with E-state index in [0.717, 1.165) is 26.1 Å². The number of ether oxygens (including phenoxy) is 2. The summed E-state index contributed by atoms with van der Waals surface area (Å²) in [6, 6.07) is 7.82. The number of nitrogens with zero attached hydrogens (tertiary/aromatic N) is 3. The van der Waals surface area contributed by atoms with E-state index in [0.29, 0.717) is 53.6 Å². The molecule has 0 saturated carbocycles. The number of hydrogen-bond donors (Lipinski definition) is 2. The van der Waals surface area contributed by atoms with Crippen molar-refractivity contribution in [2.75, 3.05) is 50.1 Å². The van der Waals surface area contributed by atoms with Crippen LogP contribution in [0.5, 0.6) is 5.75 Å². The van der Waals surface area contributed by atoms with Crippen LogP contribution >= 0.6 is 11.6 Å². The maximum absolute atomic E-state index is 13.5. The molecule has 2 heterocycles. The van der Waals surface area contributed by atoms with Crippen LogP contribution in [0.3, 0.4) is 0 Å². The van der Waals surface area contributed by atoms with Gasteiger partial charge in [-0.3, -0.25) is 9.69 Å². The first-order chi connectivity index (χ1) is 17.0. The molecule has 35 heavy (non-hydrogen) atoms. The minimum Gasteiger partial charge on any atom is -0.492 e. The van der Waals surface area contributed by atoms with Crippen LogP contribution in [-0.4, -0.2) is 60.2 Å². The van der Waals surface area contributed by atoms with E-state index < -0.39 is 5.82 Å². The van der Waals surface area contributed by atoms with Crippen LogP contribution in [0.2, 0.25) is 5.02 Å². The van der Waals surface area contributed by atoms with Gasteiger partial charge in [0.1, 0.15) is 23.7 Å². The van der Waals surface area contributed by atoms with E-state index in [9.17, 15) is 9.18 Å². The zero-order valence-corrected chi connectivity index (χ0v) is 20.1. The van der Waals surface area contributed by atoms with E-state index in [4.69, 9.17) is 21.1 Å². The Hall–Kier alpha value is -3.27. The number of benzene rings is 2. The zero-order chi connectivity index (χ0) is 24.6. The predicted octanol–water partition coefficient (Wildman–Crippen LogP) is 4.78. The Labute approximate surface area is 208 Å². The van der Waals surface area contributed by atoms with Crippen molar-refractivity contribution in [2.45, 2.75) is 13.3 Å². The van der Waals surface area contributed by atoms with Gasteiger partial charge in [0.15, 0.2) is 0 Å². The Kier molecular flexibility index (Phi) is 8.46. The van der Waals surface area contributed by atoms with Crippen LogP contribution in [0, 0.1) is 5.82 Å². The van der Waals surface area contributed by atoms with E-state index in [1.54, 1.807) is 18.2 Å². The molecule has 1 aliphatic rings. The Morgan fingerprint density at radius 2 is 2.14 bits per heavy atom. The maximum Gasteiger partial charge on any atom is 0.248 e. The van der Waals surface area contributed by atoms with Crippen LogP contribution in [0.25, 0.3) is 10.9 Å². The number of fused-ring (bicyclic) bond motifs is 1. The number of aromatic nitrogens is 2. The van der Waals surface area contributed by atoms with Gasteiger partial charge in [0.2, 0.25) is 5.91 Å². The molecule has 184 valence electrons. The lowest BCUT2D eigenvalue weighted by Gasteiger charge is -2.16. The Balaban J connectivity index is 1.55. The van der Waals surface area contributed by atoms with Crippen LogP contribution in [0.15, 0.2) is 48.8 Å². The molecule has 2 N–H and O–H groups in total. The lowest BCUT2D eigenvalue weighted by molar-refractivity contribution is -0.111. The van der Waals surface area contributed by atoms with E-state index in [2.05, 4.69) is 25.5 Å². The van der Waals surface area contributed by atoms with Crippen LogP contribution in [0.1, 0.15) is 13.3 Å². The van der Waals surface area contributed by atoms with Crippen molar-refractivity contribution in [1.29, 1.82) is 0 Å². The van der Waals surface area contributed by atoms with Crippen molar-refractivity contribution >= 4 is 45.6 Å². The average molecular weight is 500 g/mol. The van der Waals surface area contributed by atoms with Crippen LogP contribution in [-0.2, 0) is 9.53 Å². The van der Waals surface area contributed by atoms with E-state index in [-0.39, 0.29) is 10.9 Å². The van der Waals surface area contributed by atoms with Gasteiger partial charge in [0.05, 0.1) is 29.4 Å². The van der Waals surface area contributed by atoms with Crippen LogP contribution in [0.4, 0.5) is 21.6 Å². The third-order valence-electron chi connectivity index (χ3n) is 5.42. The number of amides is 1. The van der Waals surface area contributed by atoms with Gasteiger partial charge in [-0.15, -0.1) is 0 Å². The van der Waals surface area contributed by atoms with E-state index in [1.807, 2.05) is 13.0 Å². The van der Waals surface area contributed by atoms with Gasteiger partial charge in [-0.25, -0.2) is 14.4 Å². The van der Waals surface area contributed by atoms with Gasteiger partial charge >= 0.3 is 0 Å². The number of halogens is 2. The van der Waals surface area contributed by atoms with Crippen molar-refractivity contribution < 1.29 is 18.7 Å². The minimum absolute atomic E-state index is 0.000523. The Bertz CT molecular complexity index is 1220. The lowest BCUT2D eigenvalue weighted by Crippen LogP contribution is -2.26. The summed E-state index contributed by atoms with van der Waals surface area (Å²) < 4.78 is 24.7. The molecule has 0 bridgehead atoms. The summed E-state index contributed by atoms with van der Waals surface area (Å²) in [7, 11) is 0. The molecule has 1 aliphatic heterocycles. The van der Waals surface area contributed by atoms with Gasteiger partial charge in [-0.1, -0.05) is 17.7 Å². The van der Waals surface area contributed by atoms with Crippen molar-refractivity contribution in [3.8, 4) is 5.75 Å². The number of anilines is 3. The highest BCUT2D eigenvalue weighted by Gasteiger charge is 2.14. The normalized spacial score (nSPS) is 14.7. The van der Waals surface area contributed by atoms with Crippen molar-refractivity contribution in [3.05, 3.63) is 59.7 Å². The number of rotatable bonds is 8. The first-order valence-electron chi connectivity index (χ1n) is 11.4. The molecule has 10 heteroatoms. The van der Waals surface area contributed by atoms with Gasteiger partial charge in [-0.2, -0.15) is 0 Å². The molecule has 2 aromatic carbocycles. The molecule has 8 nitrogen and oxygen atoms in total. The van der Waals surface area contributed by atoms with Crippen molar-refractivity contribution in [2.24, 2.45) is 0 Å². The quantitative estimate of drug-likeness (QED) is 0.431. The van der Waals surface area contributed by atoms with Gasteiger partial charge in [0, 0.05) is 49.5 Å². The molecular formula is C25H27ClFN5O3. The lowest BCUT2D eigenvalue weighted by atomic mass is 10.1. The summed E-state index contributed by atoms with van der Waals surface area (Å²) in [5.74, 6) is 0.206. The van der Waals surface area contributed by atoms with Gasteiger partial charge < -0.3 is 20.1 Å².